The van der Waals surface area contributed by atoms with E-state index in [1.165, 1.54) is 13.2 Å². The van der Waals surface area contributed by atoms with Gasteiger partial charge in [0.1, 0.15) is 12.4 Å². The molecule has 0 bridgehead atoms. The first-order valence-corrected chi connectivity index (χ1v) is 11.2. The minimum absolute atomic E-state index is 0.118. The van der Waals surface area contributed by atoms with E-state index in [9.17, 15) is 14.0 Å². The molecular weight excluding hydrogens is 465 g/mol. The summed E-state index contributed by atoms with van der Waals surface area (Å²) >= 11 is 6.74. The van der Waals surface area contributed by atoms with E-state index in [1.807, 2.05) is 12.1 Å². The smallest absolute Gasteiger partial charge is 0.293 e. The van der Waals surface area contributed by atoms with E-state index in [0.29, 0.717) is 28.7 Å². The molecule has 0 spiro atoms. The van der Waals surface area contributed by atoms with Gasteiger partial charge in [-0.15, -0.1) is 0 Å². The fourth-order valence-corrected chi connectivity index (χ4v) is 4.19. The van der Waals surface area contributed by atoms with Crippen molar-refractivity contribution in [2.45, 2.75) is 13.2 Å². The normalized spacial score (nSPS) is 14.8. The van der Waals surface area contributed by atoms with E-state index < -0.39 is 17.0 Å². The third-order valence-electron chi connectivity index (χ3n) is 4.95. The number of carbonyl (C=O) groups is 2. The van der Waals surface area contributed by atoms with Crippen LogP contribution >= 0.6 is 23.4 Å². The van der Waals surface area contributed by atoms with E-state index >= 15 is 0 Å². The van der Waals surface area contributed by atoms with Gasteiger partial charge in [0.15, 0.2) is 11.5 Å². The van der Waals surface area contributed by atoms with Crippen LogP contribution in [-0.2, 0) is 17.9 Å². The van der Waals surface area contributed by atoms with E-state index in [4.69, 9.17) is 21.1 Å². The molecule has 0 N–H and O–H groups in total. The molecule has 1 saturated heterocycles. The van der Waals surface area contributed by atoms with Gasteiger partial charge in [-0.3, -0.25) is 14.5 Å². The van der Waals surface area contributed by atoms with Crippen LogP contribution in [0.2, 0.25) is 5.02 Å². The van der Waals surface area contributed by atoms with Crippen molar-refractivity contribution in [3.63, 3.8) is 0 Å². The first kappa shape index (κ1) is 22.9. The van der Waals surface area contributed by atoms with Crippen LogP contribution in [0.5, 0.6) is 11.5 Å². The Morgan fingerprint density at radius 1 is 1.03 bits per heavy atom. The Morgan fingerprint density at radius 2 is 1.79 bits per heavy atom. The Kier molecular flexibility index (Phi) is 7.01. The maximum absolute atomic E-state index is 14.0. The van der Waals surface area contributed by atoms with Gasteiger partial charge in [0.25, 0.3) is 11.1 Å². The van der Waals surface area contributed by atoms with Crippen LogP contribution in [0.4, 0.5) is 9.18 Å². The van der Waals surface area contributed by atoms with Crippen molar-refractivity contribution in [2.24, 2.45) is 0 Å². The van der Waals surface area contributed by atoms with Crippen molar-refractivity contribution in [1.82, 2.24) is 4.90 Å². The zero-order chi connectivity index (χ0) is 23.4. The second-order valence-corrected chi connectivity index (χ2v) is 8.61. The van der Waals surface area contributed by atoms with Crippen LogP contribution in [-0.4, -0.2) is 23.2 Å². The lowest BCUT2D eigenvalue weighted by Gasteiger charge is -2.13. The number of nitrogens with zero attached hydrogens (tertiary/aromatic N) is 1. The van der Waals surface area contributed by atoms with Gasteiger partial charge < -0.3 is 9.47 Å². The van der Waals surface area contributed by atoms with Crippen molar-refractivity contribution in [2.75, 3.05) is 7.11 Å². The summed E-state index contributed by atoms with van der Waals surface area (Å²) in [4.78, 5) is 26.5. The minimum Gasteiger partial charge on any atom is -0.493 e. The highest BCUT2D eigenvalue weighted by Crippen LogP contribution is 2.35. The molecule has 3 aromatic rings. The first-order valence-electron chi connectivity index (χ1n) is 9.98. The fraction of sp³-hybridized carbons (Fsp3) is 0.120. The van der Waals surface area contributed by atoms with Crippen LogP contribution in [0.1, 0.15) is 16.7 Å². The summed E-state index contributed by atoms with van der Waals surface area (Å²) in [5.41, 5.74) is 1.88. The third-order valence-corrected chi connectivity index (χ3v) is 6.11. The van der Waals surface area contributed by atoms with E-state index in [2.05, 4.69) is 0 Å². The Hall–Kier alpha value is -3.29. The standard InChI is InChI=1S/C25H19ClFNO4S/c1-31-21-11-8-17(12-22(21)32-15-16-6-9-19(26)10-7-16)13-23-24(29)28(25(30)33-23)14-18-4-2-3-5-20(18)27/h2-13H,14-15H2,1H3/b23-13-. The van der Waals surface area contributed by atoms with Crippen LogP contribution in [0.15, 0.2) is 71.6 Å². The lowest BCUT2D eigenvalue weighted by molar-refractivity contribution is -0.123. The predicted octanol–water partition coefficient (Wildman–Crippen LogP) is 6.30. The van der Waals surface area contributed by atoms with Gasteiger partial charge in [-0.05, 0) is 59.3 Å². The molecule has 0 atom stereocenters. The molecule has 4 rings (SSSR count). The van der Waals surface area contributed by atoms with E-state index in [0.717, 1.165) is 22.2 Å². The molecule has 5 nitrogen and oxygen atoms in total. The number of hydrogen-bond donors (Lipinski definition) is 0. The molecular formula is C25H19ClFNO4S. The van der Waals surface area contributed by atoms with Crippen LogP contribution in [0.25, 0.3) is 6.08 Å². The number of halogens is 2. The molecule has 0 aliphatic carbocycles. The van der Waals surface area contributed by atoms with Gasteiger partial charge in [-0.25, -0.2) is 4.39 Å². The Balaban J connectivity index is 1.52. The molecule has 2 amide bonds. The van der Waals surface area contributed by atoms with Gasteiger partial charge in [-0.1, -0.05) is 48.0 Å². The second kappa shape index (κ2) is 10.1. The minimum atomic E-state index is -0.465. The van der Waals surface area contributed by atoms with E-state index in [1.54, 1.807) is 54.6 Å². The summed E-state index contributed by atoms with van der Waals surface area (Å²) in [5.74, 6) is 0.103. The largest absolute Gasteiger partial charge is 0.493 e. The predicted molar refractivity (Wildman–Crippen MR) is 127 cm³/mol. The zero-order valence-corrected chi connectivity index (χ0v) is 19.2. The molecule has 1 fully saturated rings. The Morgan fingerprint density at radius 3 is 2.52 bits per heavy atom. The molecule has 0 saturated carbocycles. The maximum Gasteiger partial charge on any atom is 0.293 e. The third kappa shape index (κ3) is 5.38. The van der Waals surface area contributed by atoms with Crippen molar-refractivity contribution in [3.05, 3.63) is 99.2 Å². The summed E-state index contributed by atoms with van der Waals surface area (Å²) in [6.07, 6.45) is 1.61. The van der Waals surface area contributed by atoms with Crippen molar-refractivity contribution >= 4 is 40.6 Å². The number of thioether (sulfide) groups is 1. The highest BCUT2D eigenvalue weighted by molar-refractivity contribution is 8.18. The van der Waals surface area contributed by atoms with Gasteiger partial charge >= 0.3 is 0 Å². The molecule has 8 heteroatoms. The summed E-state index contributed by atoms with van der Waals surface area (Å²) < 4.78 is 25.3. The maximum atomic E-state index is 14.0. The number of imide groups is 1. The molecule has 0 radical (unpaired) electrons. The van der Waals surface area contributed by atoms with Crippen molar-refractivity contribution < 1.29 is 23.5 Å². The number of carbonyl (C=O) groups excluding carboxylic acids is 2. The zero-order valence-electron chi connectivity index (χ0n) is 17.6. The van der Waals surface area contributed by atoms with Crippen molar-refractivity contribution in [3.8, 4) is 11.5 Å². The first-order chi connectivity index (χ1) is 15.9. The monoisotopic (exact) mass is 483 g/mol. The molecule has 3 aromatic carbocycles. The van der Waals surface area contributed by atoms with Gasteiger partial charge in [0, 0.05) is 10.6 Å². The lowest BCUT2D eigenvalue weighted by Crippen LogP contribution is -2.27. The summed E-state index contributed by atoms with van der Waals surface area (Å²) in [6, 6.07) is 18.6. The molecule has 1 aliphatic heterocycles. The fourth-order valence-electron chi connectivity index (χ4n) is 3.22. The van der Waals surface area contributed by atoms with Gasteiger partial charge in [0.2, 0.25) is 0 Å². The summed E-state index contributed by atoms with van der Waals surface area (Å²) in [5, 5.41) is 0.199. The van der Waals surface area contributed by atoms with E-state index in [-0.39, 0.29) is 17.0 Å². The van der Waals surface area contributed by atoms with Gasteiger partial charge in [0.05, 0.1) is 18.6 Å². The number of ether oxygens (including phenoxy) is 2. The number of methoxy groups -OCH3 is 1. The van der Waals surface area contributed by atoms with Crippen molar-refractivity contribution in [1.29, 1.82) is 0 Å². The molecule has 33 heavy (non-hydrogen) atoms. The quantitative estimate of drug-likeness (QED) is 0.369. The molecule has 0 aromatic heterocycles. The van der Waals surface area contributed by atoms with Crippen LogP contribution in [0.3, 0.4) is 0 Å². The number of rotatable bonds is 7. The molecule has 0 unspecified atom stereocenters. The Bertz CT molecular complexity index is 1230. The SMILES string of the molecule is COc1ccc(/C=C2\SC(=O)N(Cc3ccccc3F)C2=O)cc1OCc1ccc(Cl)cc1. The average Bonchev–Trinajstić information content (AvgIpc) is 3.07. The summed E-state index contributed by atoms with van der Waals surface area (Å²) in [7, 11) is 1.54. The highest BCUT2D eigenvalue weighted by atomic mass is 35.5. The second-order valence-electron chi connectivity index (χ2n) is 7.18. The lowest BCUT2D eigenvalue weighted by atomic mass is 10.1. The Labute approximate surface area is 199 Å². The van der Waals surface area contributed by atoms with Gasteiger partial charge in [-0.2, -0.15) is 0 Å². The average molecular weight is 484 g/mol. The summed E-state index contributed by atoms with van der Waals surface area (Å²) in [6.45, 7) is 0.183. The van der Waals surface area contributed by atoms with Crippen LogP contribution < -0.4 is 9.47 Å². The number of hydrogen-bond acceptors (Lipinski definition) is 5. The highest BCUT2D eigenvalue weighted by Gasteiger charge is 2.35. The molecule has 1 heterocycles. The number of amides is 2. The topological polar surface area (TPSA) is 55.8 Å². The number of benzene rings is 3. The molecule has 1 aliphatic rings. The molecule has 168 valence electrons. The van der Waals surface area contributed by atoms with Crippen LogP contribution in [0, 0.1) is 5.82 Å².